The second-order valence-electron chi connectivity index (χ2n) is 6.82. The van der Waals surface area contributed by atoms with Crippen LogP contribution >= 0.6 is 22.7 Å². The number of hydrogen-bond acceptors (Lipinski definition) is 9. The smallest absolute Gasteiger partial charge is 0.232 e. The van der Waals surface area contributed by atoms with E-state index in [2.05, 4.69) is 36.0 Å². The highest BCUT2D eigenvalue weighted by Crippen LogP contribution is 2.41. The standard InChI is InChI=1S/C18H21N7OS2/c1-19-17-24-22-15(27-17)9-11-5-6-12(8-11)16-23-25-18(28-16)21-14(26)10-13-4-2-3-7-20-13/h2-4,7,11-12H,5-6,8-10H2,1H3,(H,19,24)(H,21,25,26). The molecule has 1 fully saturated rings. The first-order valence-electron chi connectivity index (χ1n) is 9.23. The van der Waals surface area contributed by atoms with Gasteiger partial charge in [-0.15, -0.1) is 20.4 Å². The van der Waals surface area contributed by atoms with Crippen LogP contribution in [-0.2, 0) is 17.6 Å². The van der Waals surface area contributed by atoms with Crippen LogP contribution in [0.25, 0.3) is 0 Å². The molecule has 0 radical (unpaired) electrons. The van der Waals surface area contributed by atoms with Crippen LogP contribution in [0.15, 0.2) is 24.4 Å². The Morgan fingerprint density at radius 3 is 2.82 bits per heavy atom. The van der Waals surface area contributed by atoms with Crippen molar-refractivity contribution in [3.05, 3.63) is 40.1 Å². The van der Waals surface area contributed by atoms with E-state index in [1.807, 2.05) is 25.2 Å². The van der Waals surface area contributed by atoms with Crippen LogP contribution in [0, 0.1) is 5.92 Å². The molecule has 0 bridgehead atoms. The first kappa shape index (κ1) is 18.9. The van der Waals surface area contributed by atoms with E-state index in [4.69, 9.17) is 0 Å². The molecule has 0 aliphatic heterocycles. The number of anilines is 2. The number of pyridine rings is 1. The van der Waals surface area contributed by atoms with E-state index in [1.165, 1.54) is 11.3 Å². The molecule has 2 atom stereocenters. The van der Waals surface area contributed by atoms with Gasteiger partial charge in [0.1, 0.15) is 10.0 Å². The van der Waals surface area contributed by atoms with Gasteiger partial charge in [-0.2, -0.15) is 0 Å². The van der Waals surface area contributed by atoms with Crippen LogP contribution in [0.3, 0.4) is 0 Å². The average Bonchev–Trinajstić information content (AvgIpc) is 3.44. The lowest BCUT2D eigenvalue weighted by Crippen LogP contribution is -2.14. The highest BCUT2D eigenvalue weighted by Gasteiger charge is 2.29. The average molecular weight is 416 g/mol. The van der Waals surface area contributed by atoms with Crippen molar-refractivity contribution >= 4 is 38.8 Å². The van der Waals surface area contributed by atoms with Gasteiger partial charge in [0, 0.05) is 31.3 Å². The van der Waals surface area contributed by atoms with Gasteiger partial charge < -0.3 is 10.6 Å². The quantitative estimate of drug-likeness (QED) is 0.611. The molecular formula is C18H21N7OS2. The summed E-state index contributed by atoms with van der Waals surface area (Å²) in [5.74, 6) is 0.872. The van der Waals surface area contributed by atoms with Gasteiger partial charge in [0.15, 0.2) is 0 Å². The molecule has 3 heterocycles. The van der Waals surface area contributed by atoms with Crippen LogP contribution < -0.4 is 10.6 Å². The Labute approximate surface area is 170 Å². The highest BCUT2D eigenvalue weighted by molar-refractivity contribution is 7.15. The second-order valence-corrected chi connectivity index (χ2v) is 8.89. The van der Waals surface area contributed by atoms with Gasteiger partial charge in [-0.05, 0) is 37.3 Å². The molecule has 0 spiro atoms. The van der Waals surface area contributed by atoms with Crippen LogP contribution in [0.5, 0.6) is 0 Å². The van der Waals surface area contributed by atoms with Gasteiger partial charge in [-0.1, -0.05) is 28.7 Å². The Hall–Kier alpha value is -2.46. The Bertz CT molecular complexity index is 927. The molecule has 10 heteroatoms. The van der Waals surface area contributed by atoms with E-state index in [0.717, 1.165) is 46.5 Å². The number of hydrogen-bond donors (Lipinski definition) is 2. The lowest BCUT2D eigenvalue weighted by Gasteiger charge is -2.06. The molecular weight excluding hydrogens is 394 g/mol. The molecule has 1 saturated carbocycles. The number of carbonyl (C=O) groups excluding carboxylic acids is 1. The molecule has 0 saturated heterocycles. The molecule has 3 aromatic heterocycles. The number of aromatic nitrogens is 5. The van der Waals surface area contributed by atoms with Crippen molar-refractivity contribution in [2.75, 3.05) is 17.7 Å². The summed E-state index contributed by atoms with van der Waals surface area (Å²) in [5.41, 5.74) is 0.737. The Balaban J connectivity index is 1.30. The maximum Gasteiger partial charge on any atom is 0.232 e. The predicted molar refractivity (Wildman–Crippen MR) is 110 cm³/mol. The number of nitrogens with one attached hydrogen (secondary N) is 2. The summed E-state index contributed by atoms with van der Waals surface area (Å²) in [7, 11) is 1.86. The first-order chi connectivity index (χ1) is 13.7. The molecule has 8 nitrogen and oxygen atoms in total. The minimum Gasteiger partial charge on any atom is -0.363 e. The topological polar surface area (TPSA) is 106 Å². The summed E-state index contributed by atoms with van der Waals surface area (Å²) in [5, 5.41) is 26.2. The zero-order valence-corrected chi connectivity index (χ0v) is 17.1. The fourth-order valence-electron chi connectivity index (χ4n) is 3.45. The van der Waals surface area contributed by atoms with E-state index in [1.54, 1.807) is 17.5 Å². The number of carbonyl (C=O) groups is 1. The van der Waals surface area contributed by atoms with E-state index in [0.29, 0.717) is 17.0 Å². The van der Waals surface area contributed by atoms with Crippen molar-refractivity contribution in [2.24, 2.45) is 5.92 Å². The van der Waals surface area contributed by atoms with E-state index in [-0.39, 0.29) is 12.3 Å². The third-order valence-corrected chi connectivity index (χ3v) is 6.75. The summed E-state index contributed by atoms with van der Waals surface area (Å²) in [6, 6.07) is 5.54. The third-order valence-electron chi connectivity index (χ3n) is 4.79. The number of rotatable bonds is 7. The van der Waals surface area contributed by atoms with E-state index in [9.17, 15) is 4.79 Å². The minimum atomic E-state index is -0.123. The summed E-state index contributed by atoms with van der Waals surface area (Å²) < 4.78 is 0. The van der Waals surface area contributed by atoms with Gasteiger partial charge >= 0.3 is 0 Å². The molecule has 146 valence electrons. The first-order valence-corrected chi connectivity index (χ1v) is 10.9. The molecule has 2 N–H and O–H groups in total. The van der Waals surface area contributed by atoms with Crippen LogP contribution in [0.1, 0.15) is 40.9 Å². The van der Waals surface area contributed by atoms with Crippen molar-refractivity contribution in [1.82, 2.24) is 25.4 Å². The predicted octanol–water partition coefficient (Wildman–Crippen LogP) is 3.13. The summed E-state index contributed by atoms with van der Waals surface area (Å²) in [6.45, 7) is 0. The van der Waals surface area contributed by atoms with Gasteiger partial charge in [0.25, 0.3) is 0 Å². The lowest BCUT2D eigenvalue weighted by molar-refractivity contribution is -0.115. The second kappa shape index (κ2) is 8.70. The number of amides is 1. The largest absolute Gasteiger partial charge is 0.363 e. The molecule has 1 aliphatic rings. The van der Waals surface area contributed by atoms with Crippen LogP contribution in [-0.4, -0.2) is 38.3 Å². The Kier molecular flexibility index (Phi) is 5.87. The summed E-state index contributed by atoms with van der Waals surface area (Å²) >= 11 is 3.09. The van der Waals surface area contributed by atoms with E-state index >= 15 is 0 Å². The molecule has 28 heavy (non-hydrogen) atoms. The molecule has 2 unspecified atom stereocenters. The Morgan fingerprint density at radius 1 is 1.14 bits per heavy atom. The van der Waals surface area contributed by atoms with Gasteiger partial charge in [0.05, 0.1) is 6.42 Å². The molecule has 3 aromatic rings. The maximum absolute atomic E-state index is 12.2. The van der Waals surface area contributed by atoms with Crippen molar-refractivity contribution < 1.29 is 4.79 Å². The lowest BCUT2D eigenvalue weighted by atomic mass is 10.0. The summed E-state index contributed by atoms with van der Waals surface area (Å²) in [6.07, 6.45) is 6.20. The van der Waals surface area contributed by atoms with Crippen molar-refractivity contribution in [2.45, 2.75) is 38.0 Å². The summed E-state index contributed by atoms with van der Waals surface area (Å²) in [4.78, 5) is 16.3. The van der Waals surface area contributed by atoms with Gasteiger partial charge in [-0.25, -0.2) is 0 Å². The number of nitrogens with zero attached hydrogens (tertiary/aromatic N) is 5. The molecule has 4 rings (SSSR count). The third kappa shape index (κ3) is 4.68. The zero-order valence-electron chi connectivity index (χ0n) is 15.5. The minimum absolute atomic E-state index is 0.123. The maximum atomic E-state index is 12.2. The van der Waals surface area contributed by atoms with Crippen molar-refractivity contribution in [1.29, 1.82) is 0 Å². The van der Waals surface area contributed by atoms with E-state index < -0.39 is 0 Å². The molecule has 1 aliphatic carbocycles. The normalized spacial score (nSPS) is 18.9. The zero-order chi connectivity index (χ0) is 19.3. The Morgan fingerprint density at radius 2 is 2.04 bits per heavy atom. The highest BCUT2D eigenvalue weighted by atomic mass is 32.1. The fraction of sp³-hybridized carbons (Fsp3) is 0.444. The fourth-order valence-corrected chi connectivity index (χ4v) is 5.16. The van der Waals surface area contributed by atoms with Gasteiger partial charge in [-0.3, -0.25) is 9.78 Å². The van der Waals surface area contributed by atoms with Crippen LogP contribution in [0.4, 0.5) is 10.3 Å². The SMILES string of the molecule is CNc1nnc(CC2CCC(c3nnc(NC(=O)Cc4ccccn4)s3)C2)s1. The van der Waals surface area contributed by atoms with Gasteiger partial charge in [0.2, 0.25) is 16.2 Å². The monoisotopic (exact) mass is 415 g/mol. The van der Waals surface area contributed by atoms with Crippen molar-refractivity contribution in [3.8, 4) is 0 Å². The molecule has 0 aromatic carbocycles. The van der Waals surface area contributed by atoms with Crippen LogP contribution in [0.2, 0.25) is 0 Å². The van der Waals surface area contributed by atoms with Crippen molar-refractivity contribution in [3.63, 3.8) is 0 Å². The molecule has 1 amide bonds.